The Morgan fingerprint density at radius 1 is 0.696 bits per heavy atom. The van der Waals surface area contributed by atoms with Gasteiger partial charge in [-0.05, 0) is 0 Å². The molecule has 0 saturated carbocycles. The minimum Gasteiger partial charge on any atom is -1.00 e. The Kier molecular flexibility index (Phi) is 9.97. The maximum Gasteiger partial charge on any atom is 4.00 e. The molecule has 0 amide bonds. The van der Waals surface area contributed by atoms with Gasteiger partial charge in [0.2, 0.25) is 0 Å². The zero-order valence-electron chi connectivity index (χ0n) is 14.7. The molecule has 124 valence electrons. The summed E-state index contributed by atoms with van der Waals surface area (Å²) in [6.07, 6.45) is 15.0. The fourth-order valence-corrected chi connectivity index (χ4v) is 4.34. The minimum atomic E-state index is 0. The summed E-state index contributed by atoms with van der Waals surface area (Å²) in [5.74, 6) is 1.27. The SMILES string of the molecule is CC1=[C-]C(C)C2=C1CCC2.CC1=[C-]C(C)C2=C1CCC2.[Cl-].[Cl-].[Zr+4]. The molecule has 0 heterocycles. The summed E-state index contributed by atoms with van der Waals surface area (Å²) >= 11 is 0. The molecule has 0 aromatic heterocycles. The first-order valence-electron chi connectivity index (χ1n) is 8.22. The predicted molar refractivity (Wildman–Crippen MR) is 84.9 cm³/mol. The van der Waals surface area contributed by atoms with Crippen molar-refractivity contribution in [2.45, 2.75) is 66.2 Å². The fourth-order valence-electron chi connectivity index (χ4n) is 4.34. The molecule has 4 aliphatic carbocycles. The third-order valence-electron chi connectivity index (χ3n) is 5.34. The van der Waals surface area contributed by atoms with Crippen molar-refractivity contribution in [2.75, 3.05) is 0 Å². The Labute approximate surface area is 173 Å². The van der Waals surface area contributed by atoms with Gasteiger partial charge in [0, 0.05) is 0 Å². The van der Waals surface area contributed by atoms with Gasteiger partial charge in [-0.1, -0.05) is 78.1 Å². The van der Waals surface area contributed by atoms with Crippen molar-refractivity contribution in [1.82, 2.24) is 0 Å². The Balaban J connectivity index is 0.000000372. The van der Waals surface area contributed by atoms with Crippen LogP contribution in [0.2, 0.25) is 0 Å². The van der Waals surface area contributed by atoms with Crippen molar-refractivity contribution in [3.63, 3.8) is 0 Å². The molecular formula is C20H26Cl2Zr. The second-order valence-electron chi connectivity index (χ2n) is 6.70. The van der Waals surface area contributed by atoms with Crippen molar-refractivity contribution in [3.8, 4) is 0 Å². The summed E-state index contributed by atoms with van der Waals surface area (Å²) in [5, 5.41) is 0. The van der Waals surface area contributed by atoms with E-state index in [-0.39, 0.29) is 51.0 Å². The van der Waals surface area contributed by atoms with Crippen LogP contribution < -0.4 is 24.8 Å². The molecule has 0 fully saturated rings. The molecule has 0 N–H and O–H groups in total. The molecule has 4 aliphatic rings. The van der Waals surface area contributed by atoms with Crippen LogP contribution in [-0.2, 0) is 26.2 Å². The summed E-state index contributed by atoms with van der Waals surface area (Å²) in [5.41, 5.74) is 9.48. The van der Waals surface area contributed by atoms with E-state index in [2.05, 4.69) is 39.8 Å². The minimum absolute atomic E-state index is 0. The van der Waals surface area contributed by atoms with Gasteiger partial charge < -0.3 is 24.8 Å². The van der Waals surface area contributed by atoms with Crippen LogP contribution in [0.15, 0.2) is 33.4 Å². The molecule has 4 rings (SSSR count). The second-order valence-corrected chi connectivity index (χ2v) is 6.70. The monoisotopic (exact) mass is 426 g/mol. The number of hydrogen-bond donors (Lipinski definition) is 0. The van der Waals surface area contributed by atoms with Crippen molar-refractivity contribution < 1.29 is 51.0 Å². The number of hydrogen-bond acceptors (Lipinski definition) is 0. The molecule has 2 unspecified atom stereocenters. The normalized spacial score (nSPS) is 27.0. The Morgan fingerprint density at radius 2 is 1.04 bits per heavy atom. The van der Waals surface area contributed by atoms with Crippen LogP contribution in [0.25, 0.3) is 0 Å². The van der Waals surface area contributed by atoms with E-state index in [1.54, 1.807) is 22.3 Å². The maximum atomic E-state index is 3.46. The zero-order chi connectivity index (χ0) is 14.3. The average Bonchev–Trinajstić information content (AvgIpc) is 3.13. The number of rotatable bonds is 0. The third-order valence-corrected chi connectivity index (χ3v) is 5.34. The van der Waals surface area contributed by atoms with E-state index in [4.69, 9.17) is 0 Å². The van der Waals surface area contributed by atoms with Gasteiger partial charge in [-0.2, -0.15) is 22.3 Å². The first kappa shape index (κ1) is 23.4. The van der Waals surface area contributed by atoms with E-state index in [1.807, 2.05) is 0 Å². The first-order valence-corrected chi connectivity index (χ1v) is 8.22. The molecule has 0 nitrogen and oxygen atoms in total. The largest absolute Gasteiger partial charge is 4.00 e. The van der Waals surface area contributed by atoms with Crippen LogP contribution in [0.1, 0.15) is 66.2 Å². The summed E-state index contributed by atoms with van der Waals surface area (Å²) in [6.45, 7) is 8.92. The maximum absolute atomic E-state index is 3.46. The number of halogens is 2. The number of allylic oxidation sites excluding steroid dienone is 8. The Bertz CT molecular complexity index is 502. The van der Waals surface area contributed by atoms with E-state index in [0.29, 0.717) is 11.8 Å². The van der Waals surface area contributed by atoms with E-state index in [1.165, 1.54) is 49.7 Å². The molecule has 0 bridgehead atoms. The molecule has 0 saturated heterocycles. The molecule has 0 aromatic carbocycles. The van der Waals surface area contributed by atoms with Crippen molar-refractivity contribution in [1.29, 1.82) is 0 Å². The molecule has 0 spiro atoms. The van der Waals surface area contributed by atoms with Gasteiger partial charge in [-0.15, -0.1) is 0 Å². The van der Waals surface area contributed by atoms with E-state index in [9.17, 15) is 0 Å². The van der Waals surface area contributed by atoms with Crippen LogP contribution in [0.4, 0.5) is 0 Å². The standard InChI is InChI=1S/2C10H13.2ClH.Zr/c2*1-7-6-8(2)10-5-3-4-9(7)10;;;/h2*7H,3-5H2,1-2H3;2*1H;/q2*-1;;;+4/p-2. The van der Waals surface area contributed by atoms with Gasteiger partial charge >= 0.3 is 26.2 Å². The van der Waals surface area contributed by atoms with Crippen molar-refractivity contribution in [2.24, 2.45) is 11.8 Å². The van der Waals surface area contributed by atoms with Gasteiger partial charge in [0.05, 0.1) is 0 Å². The molecular weight excluding hydrogens is 402 g/mol. The van der Waals surface area contributed by atoms with Crippen molar-refractivity contribution in [3.05, 3.63) is 45.6 Å². The van der Waals surface area contributed by atoms with Crippen LogP contribution in [0.5, 0.6) is 0 Å². The van der Waals surface area contributed by atoms with E-state index >= 15 is 0 Å². The summed E-state index contributed by atoms with van der Waals surface area (Å²) in [7, 11) is 0. The Morgan fingerprint density at radius 3 is 1.35 bits per heavy atom. The second kappa shape index (κ2) is 9.79. The molecule has 0 aromatic rings. The van der Waals surface area contributed by atoms with Gasteiger partial charge in [-0.3, -0.25) is 12.2 Å². The molecule has 2 atom stereocenters. The van der Waals surface area contributed by atoms with Gasteiger partial charge in [0.1, 0.15) is 0 Å². The average molecular weight is 429 g/mol. The zero-order valence-corrected chi connectivity index (χ0v) is 18.6. The summed E-state index contributed by atoms with van der Waals surface area (Å²) in [4.78, 5) is 0. The van der Waals surface area contributed by atoms with Crippen LogP contribution in [0, 0.1) is 24.0 Å². The topological polar surface area (TPSA) is 0 Å². The van der Waals surface area contributed by atoms with E-state index < -0.39 is 0 Å². The molecule has 0 aliphatic heterocycles. The molecule has 23 heavy (non-hydrogen) atoms. The predicted octanol–water partition coefficient (Wildman–Crippen LogP) is -0.262. The van der Waals surface area contributed by atoms with Crippen LogP contribution in [-0.4, -0.2) is 0 Å². The summed E-state index contributed by atoms with van der Waals surface area (Å²) in [6, 6.07) is 0. The Hall–Kier alpha value is 0.423. The van der Waals surface area contributed by atoms with Crippen molar-refractivity contribution >= 4 is 0 Å². The summed E-state index contributed by atoms with van der Waals surface area (Å²) < 4.78 is 0. The van der Waals surface area contributed by atoms with Gasteiger partial charge in [-0.25, -0.2) is 11.1 Å². The molecule has 3 heteroatoms. The first-order chi connectivity index (χ1) is 9.58. The van der Waals surface area contributed by atoms with E-state index in [0.717, 1.165) is 0 Å². The quantitative estimate of drug-likeness (QED) is 0.467. The van der Waals surface area contributed by atoms with Gasteiger partial charge in [0.25, 0.3) is 0 Å². The van der Waals surface area contributed by atoms with Crippen LogP contribution >= 0.6 is 0 Å². The smallest absolute Gasteiger partial charge is 1.00 e. The van der Waals surface area contributed by atoms with Crippen LogP contribution in [0.3, 0.4) is 0 Å². The van der Waals surface area contributed by atoms with Gasteiger partial charge in [0.15, 0.2) is 0 Å². The molecule has 0 radical (unpaired) electrons. The third kappa shape index (κ3) is 4.74. The fraction of sp³-hybridized carbons (Fsp3) is 0.600.